The van der Waals surface area contributed by atoms with Crippen LogP contribution in [0.3, 0.4) is 0 Å². The summed E-state index contributed by atoms with van der Waals surface area (Å²) in [7, 11) is 0. The molecule has 2 heterocycles. The Hall–Kier alpha value is -1.41. The zero-order valence-corrected chi connectivity index (χ0v) is 13.3. The van der Waals surface area contributed by atoms with Crippen LogP contribution in [0.25, 0.3) is 11.6 Å². The summed E-state index contributed by atoms with van der Waals surface area (Å²) >= 11 is 3.22. The van der Waals surface area contributed by atoms with Crippen LogP contribution >= 0.6 is 23.1 Å². The summed E-state index contributed by atoms with van der Waals surface area (Å²) in [5, 5.41) is 13.8. The van der Waals surface area contributed by atoms with Crippen molar-refractivity contribution in [1.82, 2.24) is 15.2 Å². The Bertz CT molecular complexity index is 619. The molecule has 1 aliphatic carbocycles. The normalized spacial score (nSPS) is 15.5. The Morgan fingerprint density at radius 3 is 3.00 bits per heavy atom. The van der Waals surface area contributed by atoms with Crippen molar-refractivity contribution in [2.75, 3.05) is 11.1 Å². The van der Waals surface area contributed by atoms with Crippen LogP contribution in [0.4, 0.5) is 6.01 Å². The first-order chi connectivity index (χ1) is 10.2. The minimum absolute atomic E-state index is 0.100. The average molecular weight is 324 g/mol. The summed E-state index contributed by atoms with van der Waals surface area (Å²) in [6.07, 6.45) is 4.98. The van der Waals surface area contributed by atoms with Crippen LogP contribution in [0.2, 0.25) is 0 Å². The van der Waals surface area contributed by atoms with Gasteiger partial charge in [-0.15, -0.1) is 28.2 Å². The van der Waals surface area contributed by atoms with E-state index in [9.17, 15) is 4.79 Å². The number of carbonyl (C=O) groups excluding carboxylic acids is 1. The van der Waals surface area contributed by atoms with Gasteiger partial charge in [0.2, 0.25) is 5.91 Å². The standard InChI is InChI=1S/C13H16N4O2S2/c1-8-14-10(6-20-8)12-16-17-13(19-12)15-11(18)7-21-9-4-2-3-5-9/h6,9H,2-5,7H2,1H3,(H,15,17,18). The van der Waals surface area contributed by atoms with E-state index in [1.807, 2.05) is 12.3 Å². The molecule has 2 aromatic heterocycles. The zero-order valence-electron chi connectivity index (χ0n) is 11.7. The maximum atomic E-state index is 11.8. The zero-order chi connectivity index (χ0) is 14.7. The number of thioether (sulfide) groups is 1. The van der Waals surface area contributed by atoms with Gasteiger partial charge in [0.25, 0.3) is 5.89 Å². The molecule has 1 saturated carbocycles. The third-order valence-electron chi connectivity index (χ3n) is 3.26. The van der Waals surface area contributed by atoms with E-state index < -0.39 is 0 Å². The number of thiazole rings is 1. The van der Waals surface area contributed by atoms with Crippen LogP contribution in [-0.4, -0.2) is 32.1 Å². The topological polar surface area (TPSA) is 80.9 Å². The van der Waals surface area contributed by atoms with Gasteiger partial charge in [0, 0.05) is 10.6 Å². The van der Waals surface area contributed by atoms with Gasteiger partial charge >= 0.3 is 6.01 Å². The highest BCUT2D eigenvalue weighted by Crippen LogP contribution is 2.29. The van der Waals surface area contributed by atoms with E-state index in [2.05, 4.69) is 20.5 Å². The second-order valence-corrected chi connectivity index (χ2v) is 7.28. The molecule has 1 amide bonds. The fourth-order valence-electron chi connectivity index (χ4n) is 2.24. The maximum absolute atomic E-state index is 11.8. The summed E-state index contributed by atoms with van der Waals surface area (Å²) in [6.45, 7) is 1.91. The molecule has 0 bridgehead atoms. The molecule has 0 atom stereocenters. The number of hydrogen-bond acceptors (Lipinski definition) is 7. The second kappa shape index (κ2) is 6.57. The molecule has 1 fully saturated rings. The number of amides is 1. The first-order valence-corrected chi connectivity index (χ1v) is 8.81. The summed E-state index contributed by atoms with van der Waals surface area (Å²) in [4.78, 5) is 16.1. The highest BCUT2D eigenvalue weighted by atomic mass is 32.2. The third kappa shape index (κ3) is 3.82. The predicted octanol–water partition coefficient (Wildman–Crippen LogP) is 3.12. The molecule has 2 aromatic rings. The number of rotatable bonds is 5. The van der Waals surface area contributed by atoms with Crippen molar-refractivity contribution in [1.29, 1.82) is 0 Å². The Balaban J connectivity index is 1.53. The van der Waals surface area contributed by atoms with Crippen molar-refractivity contribution < 1.29 is 9.21 Å². The third-order valence-corrected chi connectivity index (χ3v) is 5.41. The van der Waals surface area contributed by atoms with Gasteiger partial charge in [-0.1, -0.05) is 17.9 Å². The van der Waals surface area contributed by atoms with Crippen LogP contribution in [0.1, 0.15) is 30.7 Å². The Labute approximate surface area is 130 Å². The van der Waals surface area contributed by atoms with E-state index in [1.165, 1.54) is 37.0 Å². The largest absolute Gasteiger partial charge is 0.401 e. The molecular weight excluding hydrogens is 308 g/mol. The molecule has 112 valence electrons. The maximum Gasteiger partial charge on any atom is 0.322 e. The van der Waals surface area contributed by atoms with Crippen molar-refractivity contribution in [3.63, 3.8) is 0 Å². The summed E-state index contributed by atoms with van der Waals surface area (Å²) < 4.78 is 5.41. The van der Waals surface area contributed by atoms with Crippen LogP contribution < -0.4 is 5.32 Å². The molecule has 1 aliphatic rings. The molecule has 8 heteroatoms. The lowest BCUT2D eigenvalue weighted by molar-refractivity contribution is -0.113. The molecular formula is C13H16N4O2S2. The summed E-state index contributed by atoms with van der Waals surface area (Å²) in [5.74, 6) is 0.660. The molecule has 6 nitrogen and oxygen atoms in total. The number of nitrogens with zero attached hydrogens (tertiary/aromatic N) is 3. The van der Waals surface area contributed by atoms with E-state index in [0.717, 1.165) is 5.01 Å². The van der Waals surface area contributed by atoms with E-state index >= 15 is 0 Å². The monoisotopic (exact) mass is 324 g/mol. The predicted molar refractivity (Wildman–Crippen MR) is 83.5 cm³/mol. The van der Waals surface area contributed by atoms with E-state index in [4.69, 9.17) is 4.42 Å². The molecule has 1 N–H and O–H groups in total. The summed E-state index contributed by atoms with van der Waals surface area (Å²) in [5.41, 5.74) is 0.644. The van der Waals surface area contributed by atoms with Gasteiger partial charge in [0.05, 0.1) is 10.8 Å². The van der Waals surface area contributed by atoms with Crippen molar-refractivity contribution in [3.8, 4) is 11.6 Å². The Morgan fingerprint density at radius 2 is 2.29 bits per heavy atom. The van der Waals surface area contributed by atoms with Gasteiger partial charge in [-0.2, -0.15) is 0 Å². The molecule has 21 heavy (non-hydrogen) atoms. The lowest BCUT2D eigenvalue weighted by Gasteiger charge is -2.06. The number of carbonyl (C=O) groups is 1. The minimum Gasteiger partial charge on any atom is -0.401 e. The van der Waals surface area contributed by atoms with E-state index in [-0.39, 0.29) is 11.9 Å². The number of anilines is 1. The van der Waals surface area contributed by atoms with Gasteiger partial charge in [-0.25, -0.2) is 4.98 Å². The van der Waals surface area contributed by atoms with Crippen molar-refractivity contribution in [3.05, 3.63) is 10.4 Å². The molecule has 0 unspecified atom stereocenters. The first-order valence-electron chi connectivity index (χ1n) is 6.88. The highest BCUT2D eigenvalue weighted by Gasteiger charge is 2.18. The summed E-state index contributed by atoms with van der Waals surface area (Å²) in [6, 6.07) is 0.132. The van der Waals surface area contributed by atoms with Crippen LogP contribution in [0.5, 0.6) is 0 Å². The van der Waals surface area contributed by atoms with Gasteiger partial charge in [0.1, 0.15) is 5.69 Å². The number of aromatic nitrogens is 3. The quantitative estimate of drug-likeness (QED) is 0.910. The van der Waals surface area contributed by atoms with Gasteiger partial charge in [-0.3, -0.25) is 10.1 Å². The van der Waals surface area contributed by atoms with E-state index in [0.29, 0.717) is 22.6 Å². The van der Waals surface area contributed by atoms with Crippen LogP contribution in [0, 0.1) is 6.92 Å². The molecule has 0 radical (unpaired) electrons. The SMILES string of the molecule is Cc1nc(-c2nnc(NC(=O)CSC3CCCC3)o2)cs1. The van der Waals surface area contributed by atoms with Gasteiger partial charge in [-0.05, 0) is 19.8 Å². The fraction of sp³-hybridized carbons (Fsp3) is 0.538. The Morgan fingerprint density at radius 1 is 1.48 bits per heavy atom. The molecule has 0 saturated heterocycles. The fourth-order valence-corrected chi connectivity index (χ4v) is 3.96. The van der Waals surface area contributed by atoms with Gasteiger partial charge in [0.15, 0.2) is 0 Å². The molecule has 3 rings (SSSR count). The lowest BCUT2D eigenvalue weighted by atomic mass is 10.4. The highest BCUT2D eigenvalue weighted by molar-refractivity contribution is 8.00. The molecule has 0 spiro atoms. The smallest absolute Gasteiger partial charge is 0.322 e. The van der Waals surface area contributed by atoms with Crippen molar-refractivity contribution in [2.24, 2.45) is 0 Å². The lowest BCUT2D eigenvalue weighted by Crippen LogP contribution is -2.16. The average Bonchev–Trinajstić information content (AvgIpc) is 3.17. The number of nitrogens with one attached hydrogen (secondary N) is 1. The number of hydrogen-bond donors (Lipinski definition) is 1. The van der Waals surface area contributed by atoms with Crippen LogP contribution in [-0.2, 0) is 4.79 Å². The van der Waals surface area contributed by atoms with Crippen molar-refractivity contribution >= 4 is 35.0 Å². The van der Waals surface area contributed by atoms with Crippen molar-refractivity contribution in [2.45, 2.75) is 37.9 Å². The molecule has 0 aliphatic heterocycles. The van der Waals surface area contributed by atoms with Crippen LogP contribution in [0.15, 0.2) is 9.80 Å². The minimum atomic E-state index is -0.100. The number of aryl methyl sites for hydroxylation is 1. The Kier molecular flexibility index (Phi) is 4.54. The molecule has 0 aromatic carbocycles. The van der Waals surface area contributed by atoms with Gasteiger partial charge < -0.3 is 4.42 Å². The second-order valence-electron chi connectivity index (χ2n) is 4.93. The van der Waals surface area contributed by atoms with E-state index in [1.54, 1.807) is 11.8 Å². The first kappa shape index (κ1) is 14.5.